The molecule has 1 N–H and O–H groups in total. The molecule has 1 amide bonds. The van der Waals surface area contributed by atoms with Crippen LogP contribution in [0.15, 0.2) is 54.6 Å². The Labute approximate surface area is 177 Å². The molecular formula is C24H29N3O3. The van der Waals surface area contributed by atoms with E-state index < -0.39 is 0 Å². The molecule has 2 fully saturated rings. The van der Waals surface area contributed by atoms with Crippen LogP contribution in [0.1, 0.15) is 33.8 Å². The lowest BCUT2D eigenvalue weighted by Crippen LogP contribution is -2.50. The van der Waals surface area contributed by atoms with E-state index in [9.17, 15) is 9.59 Å². The molecule has 1 saturated carbocycles. The van der Waals surface area contributed by atoms with Gasteiger partial charge in [-0.05, 0) is 29.7 Å². The molecule has 6 nitrogen and oxygen atoms in total. The molecule has 1 aliphatic carbocycles. The average Bonchev–Trinajstić information content (AvgIpc) is 3.58. The number of benzene rings is 2. The molecule has 2 aliphatic rings. The van der Waals surface area contributed by atoms with Crippen molar-refractivity contribution in [3.05, 3.63) is 71.3 Å². The second kappa shape index (κ2) is 9.41. The largest absolute Gasteiger partial charge is 0.465 e. The van der Waals surface area contributed by atoms with E-state index in [4.69, 9.17) is 4.74 Å². The van der Waals surface area contributed by atoms with E-state index in [0.717, 1.165) is 44.7 Å². The highest BCUT2D eigenvalue weighted by Crippen LogP contribution is 2.40. The molecule has 2 aromatic rings. The zero-order valence-corrected chi connectivity index (χ0v) is 17.4. The topological polar surface area (TPSA) is 61.9 Å². The summed E-state index contributed by atoms with van der Waals surface area (Å²) in [5.74, 6) is 0.417. The predicted molar refractivity (Wildman–Crippen MR) is 115 cm³/mol. The van der Waals surface area contributed by atoms with Gasteiger partial charge in [0, 0.05) is 44.7 Å². The number of carbonyl (C=O) groups excluding carboxylic acids is 2. The summed E-state index contributed by atoms with van der Waals surface area (Å²) < 4.78 is 4.74. The van der Waals surface area contributed by atoms with Crippen molar-refractivity contribution in [1.29, 1.82) is 0 Å². The van der Waals surface area contributed by atoms with Crippen molar-refractivity contribution in [3.8, 4) is 0 Å². The number of methoxy groups -OCH3 is 1. The van der Waals surface area contributed by atoms with Gasteiger partial charge in [-0.3, -0.25) is 9.69 Å². The van der Waals surface area contributed by atoms with Gasteiger partial charge in [-0.15, -0.1) is 0 Å². The Morgan fingerprint density at radius 3 is 2.37 bits per heavy atom. The zero-order chi connectivity index (χ0) is 20.9. The summed E-state index contributed by atoms with van der Waals surface area (Å²) in [4.78, 5) is 28.4. The molecule has 0 bridgehead atoms. The normalized spacial score (nSPS) is 21.3. The lowest BCUT2D eigenvalue weighted by molar-refractivity contribution is -0.132. The fourth-order valence-electron chi connectivity index (χ4n) is 4.10. The summed E-state index contributed by atoms with van der Waals surface area (Å²) in [7, 11) is 1.39. The van der Waals surface area contributed by atoms with Crippen molar-refractivity contribution in [2.75, 3.05) is 39.8 Å². The van der Waals surface area contributed by atoms with Gasteiger partial charge in [-0.1, -0.05) is 42.5 Å². The van der Waals surface area contributed by atoms with E-state index in [2.05, 4.69) is 34.5 Å². The first-order chi connectivity index (χ1) is 14.6. The number of piperazine rings is 1. The molecule has 4 rings (SSSR count). The first-order valence-electron chi connectivity index (χ1n) is 10.6. The molecule has 0 spiro atoms. The fourth-order valence-corrected chi connectivity index (χ4v) is 4.10. The summed E-state index contributed by atoms with van der Waals surface area (Å²) in [6, 6.07) is 18.5. The maximum Gasteiger partial charge on any atom is 0.337 e. The summed E-state index contributed by atoms with van der Waals surface area (Å²) in [5, 5.41) is 3.43. The number of esters is 1. The quantitative estimate of drug-likeness (QED) is 0.714. The van der Waals surface area contributed by atoms with Gasteiger partial charge < -0.3 is 15.0 Å². The lowest BCUT2D eigenvalue weighted by atomic mass is 10.1. The van der Waals surface area contributed by atoms with E-state index in [-0.39, 0.29) is 11.9 Å². The Hall–Kier alpha value is -2.70. The molecule has 6 heteroatoms. The molecule has 2 unspecified atom stereocenters. The van der Waals surface area contributed by atoms with Crippen LogP contribution in [0.25, 0.3) is 0 Å². The Bertz CT molecular complexity index is 861. The van der Waals surface area contributed by atoms with Crippen LogP contribution in [-0.2, 0) is 16.1 Å². The van der Waals surface area contributed by atoms with E-state index in [0.29, 0.717) is 24.1 Å². The summed E-state index contributed by atoms with van der Waals surface area (Å²) in [6.45, 7) is 4.48. The maximum atomic E-state index is 12.6. The third kappa shape index (κ3) is 5.07. The number of ether oxygens (including phenoxy) is 1. The maximum absolute atomic E-state index is 12.6. The number of amides is 1. The average molecular weight is 408 g/mol. The van der Waals surface area contributed by atoms with Gasteiger partial charge in [0.1, 0.15) is 0 Å². The van der Waals surface area contributed by atoms with Crippen LogP contribution in [0.5, 0.6) is 0 Å². The monoisotopic (exact) mass is 407 g/mol. The second-order valence-electron chi connectivity index (χ2n) is 8.09. The minimum atomic E-state index is -0.316. The molecule has 30 heavy (non-hydrogen) atoms. The van der Waals surface area contributed by atoms with Gasteiger partial charge in [-0.2, -0.15) is 0 Å². The molecular weight excluding hydrogens is 378 g/mol. The van der Waals surface area contributed by atoms with Crippen LogP contribution < -0.4 is 5.32 Å². The van der Waals surface area contributed by atoms with Gasteiger partial charge in [0.05, 0.1) is 19.2 Å². The first-order valence-corrected chi connectivity index (χ1v) is 10.6. The van der Waals surface area contributed by atoms with Crippen LogP contribution in [0.4, 0.5) is 0 Å². The van der Waals surface area contributed by atoms with Crippen molar-refractivity contribution in [3.63, 3.8) is 0 Å². The Morgan fingerprint density at radius 1 is 1.00 bits per heavy atom. The van der Waals surface area contributed by atoms with Crippen LogP contribution in [0.3, 0.4) is 0 Å². The zero-order valence-electron chi connectivity index (χ0n) is 17.4. The fraction of sp³-hybridized carbons (Fsp3) is 0.417. The van der Waals surface area contributed by atoms with Gasteiger partial charge >= 0.3 is 5.97 Å². The Kier molecular flexibility index (Phi) is 6.45. The van der Waals surface area contributed by atoms with E-state index in [1.54, 1.807) is 12.1 Å². The van der Waals surface area contributed by atoms with Crippen molar-refractivity contribution < 1.29 is 14.3 Å². The van der Waals surface area contributed by atoms with Crippen LogP contribution >= 0.6 is 0 Å². The first kappa shape index (κ1) is 20.6. The predicted octanol–water partition coefficient (Wildman–Crippen LogP) is 2.26. The lowest BCUT2D eigenvalue weighted by Gasteiger charge is -2.35. The van der Waals surface area contributed by atoms with Crippen molar-refractivity contribution in [2.24, 2.45) is 0 Å². The highest BCUT2D eigenvalue weighted by Gasteiger charge is 2.38. The third-order valence-electron chi connectivity index (χ3n) is 6.04. The van der Waals surface area contributed by atoms with E-state index in [1.807, 2.05) is 23.1 Å². The summed E-state index contributed by atoms with van der Waals surface area (Å²) in [5.41, 5.74) is 3.08. The van der Waals surface area contributed by atoms with Gasteiger partial charge in [0.15, 0.2) is 0 Å². The standard InChI is InChI=1S/C24H29N3O3/c1-30-24(29)20-9-7-18(8-10-20)17-26-11-13-27(14-12-26)23(28)16-25-22-15-21(22)19-5-3-2-4-6-19/h2-10,21-22,25H,11-17H2,1H3. The number of nitrogens with one attached hydrogen (secondary N) is 1. The van der Waals surface area contributed by atoms with Gasteiger partial charge in [0.25, 0.3) is 0 Å². The molecule has 2 atom stereocenters. The SMILES string of the molecule is COC(=O)c1ccc(CN2CCN(C(=O)CNC3CC3c3ccccc3)CC2)cc1. The van der Waals surface area contributed by atoms with Crippen molar-refractivity contribution in [2.45, 2.75) is 24.9 Å². The van der Waals surface area contributed by atoms with Crippen molar-refractivity contribution in [1.82, 2.24) is 15.1 Å². The molecule has 0 radical (unpaired) electrons. The molecule has 1 saturated heterocycles. The molecule has 158 valence electrons. The van der Waals surface area contributed by atoms with Crippen LogP contribution in [-0.4, -0.2) is 67.6 Å². The number of nitrogens with zero attached hydrogens (tertiary/aromatic N) is 2. The smallest absolute Gasteiger partial charge is 0.337 e. The van der Waals surface area contributed by atoms with Gasteiger partial charge in [-0.25, -0.2) is 4.79 Å². The number of rotatable bonds is 7. The molecule has 1 aliphatic heterocycles. The van der Waals surface area contributed by atoms with Crippen LogP contribution in [0.2, 0.25) is 0 Å². The van der Waals surface area contributed by atoms with Crippen molar-refractivity contribution >= 4 is 11.9 Å². The van der Waals surface area contributed by atoms with Crippen LogP contribution in [0, 0.1) is 0 Å². The third-order valence-corrected chi connectivity index (χ3v) is 6.04. The van der Waals surface area contributed by atoms with E-state index in [1.165, 1.54) is 12.7 Å². The summed E-state index contributed by atoms with van der Waals surface area (Å²) in [6.07, 6.45) is 1.11. The molecule has 0 aromatic heterocycles. The highest BCUT2D eigenvalue weighted by molar-refractivity contribution is 5.89. The number of hydrogen-bond donors (Lipinski definition) is 1. The minimum absolute atomic E-state index is 0.191. The number of carbonyl (C=O) groups is 2. The second-order valence-corrected chi connectivity index (χ2v) is 8.09. The number of hydrogen-bond acceptors (Lipinski definition) is 5. The van der Waals surface area contributed by atoms with E-state index >= 15 is 0 Å². The minimum Gasteiger partial charge on any atom is -0.465 e. The molecule has 1 heterocycles. The summed E-state index contributed by atoms with van der Waals surface area (Å²) >= 11 is 0. The Morgan fingerprint density at radius 2 is 1.70 bits per heavy atom. The van der Waals surface area contributed by atoms with Gasteiger partial charge in [0.2, 0.25) is 5.91 Å². The Balaban J connectivity index is 1.17. The highest BCUT2D eigenvalue weighted by atomic mass is 16.5. The molecule has 2 aromatic carbocycles.